The Labute approximate surface area is 124 Å². The molecular formula is C18H17NO2. The van der Waals surface area contributed by atoms with Crippen LogP contribution in [0.4, 0.5) is 5.69 Å². The summed E-state index contributed by atoms with van der Waals surface area (Å²) in [5, 5.41) is 0. The van der Waals surface area contributed by atoms with Crippen LogP contribution in [-0.4, -0.2) is 11.7 Å². The zero-order valence-corrected chi connectivity index (χ0v) is 12.4. The van der Waals surface area contributed by atoms with Crippen molar-refractivity contribution in [3.05, 3.63) is 64.2 Å². The van der Waals surface area contributed by atoms with Gasteiger partial charge in [0.25, 0.3) is 11.7 Å². The molecule has 0 unspecified atom stereocenters. The van der Waals surface area contributed by atoms with Crippen molar-refractivity contribution in [2.45, 2.75) is 27.3 Å². The van der Waals surface area contributed by atoms with Crippen LogP contribution < -0.4 is 4.90 Å². The molecule has 0 spiro atoms. The number of aryl methyl sites for hydroxylation is 2. The van der Waals surface area contributed by atoms with Crippen molar-refractivity contribution in [1.82, 2.24) is 0 Å². The molecule has 0 radical (unpaired) electrons. The molecule has 0 bridgehead atoms. The first kappa shape index (κ1) is 13.6. The molecular weight excluding hydrogens is 262 g/mol. The Morgan fingerprint density at radius 2 is 1.62 bits per heavy atom. The molecule has 1 heterocycles. The third-order valence-electron chi connectivity index (χ3n) is 4.25. The second kappa shape index (κ2) is 4.85. The molecule has 2 aromatic rings. The normalized spacial score (nSPS) is 13.8. The topological polar surface area (TPSA) is 37.4 Å². The van der Waals surface area contributed by atoms with Gasteiger partial charge in [-0.3, -0.25) is 9.59 Å². The van der Waals surface area contributed by atoms with E-state index in [1.807, 2.05) is 51.1 Å². The lowest BCUT2D eigenvalue weighted by Crippen LogP contribution is -2.29. The monoisotopic (exact) mass is 279 g/mol. The number of ketones is 1. The third-order valence-corrected chi connectivity index (χ3v) is 4.25. The van der Waals surface area contributed by atoms with Gasteiger partial charge in [0.2, 0.25) is 0 Å². The summed E-state index contributed by atoms with van der Waals surface area (Å²) in [5.41, 5.74) is 5.57. The van der Waals surface area contributed by atoms with Crippen molar-refractivity contribution in [1.29, 1.82) is 0 Å². The highest BCUT2D eigenvalue weighted by atomic mass is 16.2. The maximum Gasteiger partial charge on any atom is 0.299 e. The van der Waals surface area contributed by atoms with Crippen LogP contribution in [0.25, 0.3) is 0 Å². The molecule has 3 rings (SSSR count). The molecule has 106 valence electrons. The number of carbonyl (C=O) groups excluding carboxylic acids is 2. The quantitative estimate of drug-likeness (QED) is 0.791. The average molecular weight is 279 g/mol. The molecule has 0 aliphatic carbocycles. The number of amides is 1. The summed E-state index contributed by atoms with van der Waals surface area (Å²) >= 11 is 0. The zero-order chi connectivity index (χ0) is 15.1. The van der Waals surface area contributed by atoms with Gasteiger partial charge in [0.15, 0.2) is 0 Å². The number of rotatable bonds is 2. The molecule has 0 atom stereocenters. The minimum absolute atomic E-state index is 0.401. The Morgan fingerprint density at radius 1 is 0.905 bits per heavy atom. The van der Waals surface area contributed by atoms with Crippen molar-refractivity contribution in [3.63, 3.8) is 0 Å². The van der Waals surface area contributed by atoms with Crippen LogP contribution in [-0.2, 0) is 11.3 Å². The summed E-state index contributed by atoms with van der Waals surface area (Å²) in [6.07, 6.45) is 0. The number of fused-ring (bicyclic) bond motifs is 1. The molecule has 0 N–H and O–H groups in total. The second-order valence-corrected chi connectivity index (χ2v) is 5.55. The molecule has 1 amide bonds. The fourth-order valence-electron chi connectivity index (χ4n) is 2.78. The largest absolute Gasteiger partial charge is 0.300 e. The summed E-state index contributed by atoms with van der Waals surface area (Å²) in [5.74, 6) is -0.830. The summed E-state index contributed by atoms with van der Waals surface area (Å²) in [7, 11) is 0. The molecule has 2 aromatic carbocycles. The number of nitrogens with zero attached hydrogens (tertiary/aromatic N) is 1. The van der Waals surface area contributed by atoms with E-state index in [9.17, 15) is 9.59 Å². The number of anilines is 1. The number of hydrogen-bond acceptors (Lipinski definition) is 2. The van der Waals surface area contributed by atoms with Gasteiger partial charge >= 0.3 is 0 Å². The minimum Gasteiger partial charge on any atom is -0.300 e. The van der Waals surface area contributed by atoms with Crippen molar-refractivity contribution in [2.75, 3.05) is 4.90 Å². The molecule has 0 saturated heterocycles. The van der Waals surface area contributed by atoms with Crippen LogP contribution >= 0.6 is 0 Å². The predicted molar refractivity (Wildman–Crippen MR) is 82.6 cm³/mol. The first-order valence-electron chi connectivity index (χ1n) is 7.01. The Hall–Kier alpha value is -2.42. The van der Waals surface area contributed by atoms with Crippen molar-refractivity contribution in [3.8, 4) is 0 Å². The summed E-state index contributed by atoms with van der Waals surface area (Å²) in [6, 6.07) is 11.6. The second-order valence-electron chi connectivity index (χ2n) is 5.55. The standard InChI is InChI=1S/C18H17NO2/c1-11-8-9-15-16(13(11)3)19(18(21)17(15)20)10-14-7-5-4-6-12(14)2/h4-9H,10H2,1-3H3. The zero-order valence-electron chi connectivity index (χ0n) is 12.4. The van der Waals surface area contributed by atoms with E-state index < -0.39 is 11.7 Å². The van der Waals surface area contributed by atoms with Gasteiger partial charge < -0.3 is 4.90 Å². The van der Waals surface area contributed by atoms with Crippen molar-refractivity contribution < 1.29 is 9.59 Å². The number of benzene rings is 2. The minimum atomic E-state index is -0.429. The van der Waals surface area contributed by atoms with E-state index in [4.69, 9.17) is 0 Å². The molecule has 0 aromatic heterocycles. The number of hydrogen-bond donors (Lipinski definition) is 0. The van der Waals surface area contributed by atoms with E-state index >= 15 is 0 Å². The van der Waals surface area contributed by atoms with E-state index in [1.165, 1.54) is 0 Å². The highest BCUT2D eigenvalue weighted by Crippen LogP contribution is 2.35. The summed E-state index contributed by atoms with van der Waals surface area (Å²) in [6.45, 7) is 6.41. The molecule has 3 nitrogen and oxygen atoms in total. The molecule has 21 heavy (non-hydrogen) atoms. The van der Waals surface area contributed by atoms with Crippen LogP contribution in [0.1, 0.15) is 32.6 Å². The average Bonchev–Trinajstić information content (AvgIpc) is 2.71. The van der Waals surface area contributed by atoms with Gasteiger partial charge in [-0.2, -0.15) is 0 Å². The van der Waals surface area contributed by atoms with Crippen LogP contribution in [0.3, 0.4) is 0 Å². The van der Waals surface area contributed by atoms with E-state index in [2.05, 4.69) is 0 Å². The lowest BCUT2D eigenvalue weighted by molar-refractivity contribution is -0.114. The van der Waals surface area contributed by atoms with Gasteiger partial charge in [-0.05, 0) is 49.1 Å². The van der Waals surface area contributed by atoms with Crippen LogP contribution in [0.15, 0.2) is 36.4 Å². The van der Waals surface area contributed by atoms with Gasteiger partial charge in [-0.1, -0.05) is 30.3 Å². The SMILES string of the molecule is Cc1ccccc1CN1C(=O)C(=O)c2ccc(C)c(C)c21. The summed E-state index contributed by atoms with van der Waals surface area (Å²) < 4.78 is 0. The van der Waals surface area contributed by atoms with Gasteiger partial charge in [-0.25, -0.2) is 0 Å². The van der Waals surface area contributed by atoms with Crippen LogP contribution in [0.5, 0.6) is 0 Å². The van der Waals surface area contributed by atoms with Crippen LogP contribution in [0.2, 0.25) is 0 Å². The van der Waals surface area contributed by atoms with E-state index in [0.29, 0.717) is 12.1 Å². The van der Waals surface area contributed by atoms with E-state index in [-0.39, 0.29) is 0 Å². The smallest absolute Gasteiger partial charge is 0.299 e. The predicted octanol–water partition coefficient (Wildman–Crippen LogP) is 3.34. The molecule has 1 aliphatic heterocycles. The van der Waals surface area contributed by atoms with Gasteiger partial charge in [0, 0.05) is 0 Å². The highest BCUT2D eigenvalue weighted by Gasteiger charge is 2.37. The van der Waals surface area contributed by atoms with Gasteiger partial charge in [-0.15, -0.1) is 0 Å². The van der Waals surface area contributed by atoms with Crippen molar-refractivity contribution in [2.24, 2.45) is 0 Å². The van der Waals surface area contributed by atoms with Gasteiger partial charge in [0.1, 0.15) is 0 Å². The molecule has 1 aliphatic rings. The highest BCUT2D eigenvalue weighted by molar-refractivity contribution is 6.52. The molecule has 0 fully saturated rings. The van der Waals surface area contributed by atoms with Crippen molar-refractivity contribution >= 4 is 17.4 Å². The van der Waals surface area contributed by atoms with E-state index in [1.54, 1.807) is 11.0 Å². The first-order chi connectivity index (χ1) is 10.0. The maximum absolute atomic E-state index is 12.3. The van der Waals surface area contributed by atoms with Crippen LogP contribution in [0, 0.1) is 20.8 Å². The lowest BCUT2D eigenvalue weighted by Gasteiger charge is -2.20. The molecule has 3 heteroatoms. The first-order valence-corrected chi connectivity index (χ1v) is 7.01. The van der Waals surface area contributed by atoms with E-state index in [0.717, 1.165) is 27.9 Å². The van der Waals surface area contributed by atoms with Gasteiger partial charge in [0.05, 0.1) is 17.8 Å². The maximum atomic E-state index is 12.3. The Bertz CT molecular complexity index is 762. The number of carbonyl (C=O) groups is 2. The summed E-state index contributed by atoms with van der Waals surface area (Å²) in [4.78, 5) is 26.1. The third kappa shape index (κ3) is 2.05. The lowest BCUT2D eigenvalue weighted by atomic mass is 10.0. The Morgan fingerprint density at radius 3 is 2.33 bits per heavy atom. The fourth-order valence-corrected chi connectivity index (χ4v) is 2.78. The Kier molecular flexibility index (Phi) is 3.13. The Balaban J connectivity index is 2.09. The fraction of sp³-hybridized carbons (Fsp3) is 0.222. The number of Topliss-reactive ketones (excluding diaryl/α,β-unsaturated/α-hetero) is 1. The molecule has 0 saturated carbocycles.